The van der Waals surface area contributed by atoms with E-state index in [9.17, 15) is 10.2 Å². The highest BCUT2D eigenvalue weighted by atomic mass is 16.5. The van der Waals surface area contributed by atoms with Crippen LogP contribution in [0.1, 0.15) is 50.8 Å². The van der Waals surface area contributed by atoms with Crippen molar-refractivity contribution >= 4 is 0 Å². The van der Waals surface area contributed by atoms with Crippen LogP contribution in [0.2, 0.25) is 0 Å². The highest BCUT2D eigenvalue weighted by molar-refractivity contribution is 5.65. The third kappa shape index (κ3) is 4.45. The van der Waals surface area contributed by atoms with Gasteiger partial charge in [-0.25, -0.2) is 0 Å². The minimum absolute atomic E-state index is 0.0900. The van der Waals surface area contributed by atoms with E-state index in [0.29, 0.717) is 54.9 Å². The molecule has 1 saturated heterocycles. The smallest absolute Gasteiger partial charge is 0.147 e. The fraction of sp³-hybridized carbons (Fsp3) is 0.500. The number of hydrogen-bond acceptors (Lipinski definition) is 5. The van der Waals surface area contributed by atoms with Crippen LogP contribution in [0.4, 0.5) is 0 Å². The van der Waals surface area contributed by atoms with Gasteiger partial charge in [-0.3, -0.25) is 0 Å². The van der Waals surface area contributed by atoms with Gasteiger partial charge in [-0.05, 0) is 47.0 Å². The van der Waals surface area contributed by atoms with Gasteiger partial charge < -0.3 is 24.4 Å². The fourth-order valence-electron chi connectivity index (χ4n) is 3.80. The van der Waals surface area contributed by atoms with Crippen LogP contribution in [-0.2, 0) is 28.7 Å². The molecule has 2 aliphatic heterocycles. The molecule has 0 amide bonds. The topological polar surface area (TPSA) is 68.2 Å². The number of fused-ring (bicyclic) bond motifs is 1. The molecular formula is C24H32O5. The number of hydrogen-bond donors (Lipinski definition) is 2. The second-order valence-electron chi connectivity index (χ2n) is 8.26. The second kappa shape index (κ2) is 8.95. The number of benzene rings is 1. The van der Waals surface area contributed by atoms with Crippen LogP contribution >= 0.6 is 0 Å². The molecule has 3 rings (SSSR count). The summed E-state index contributed by atoms with van der Waals surface area (Å²) in [5, 5.41) is 22.1. The number of rotatable bonds is 6. The molecule has 1 atom stereocenters. The summed E-state index contributed by atoms with van der Waals surface area (Å²) in [4.78, 5) is 0. The second-order valence-corrected chi connectivity index (χ2v) is 8.26. The van der Waals surface area contributed by atoms with Crippen molar-refractivity contribution in [3.8, 4) is 17.2 Å². The van der Waals surface area contributed by atoms with E-state index in [4.69, 9.17) is 14.2 Å². The van der Waals surface area contributed by atoms with Crippen molar-refractivity contribution in [2.45, 2.75) is 53.4 Å². The van der Waals surface area contributed by atoms with Crippen LogP contribution in [0.15, 0.2) is 34.8 Å². The van der Waals surface area contributed by atoms with Crippen LogP contribution in [0.25, 0.3) is 0 Å². The zero-order chi connectivity index (χ0) is 21.1. The van der Waals surface area contributed by atoms with Crippen molar-refractivity contribution in [1.29, 1.82) is 0 Å². The molecule has 0 bridgehead atoms. The Kier molecular flexibility index (Phi) is 6.58. The third-order valence-corrected chi connectivity index (χ3v) is 5.49. The molecule has 1 aromatic rings. The minimum Gasteiger partial charge on any atom is -0.507 e. The van der Waals surface area contributed by atoms with Gasteiger partial charge in [0.25, 0.3) is 0 Å². The first-order chi connectivity index (χ1) is 13.8. The van der Waals surface area contributed by atoms with Crippen molar-refractivity contribution in [3.05, 3.63) is 51.5 Å². The molecule has 5 nitrogen and oxygen atoms in total. The monoisotopic (exact) mass is 400 g/mol. The van der Waals surface area contributed by atoms with Crippen LogP contribution in [0.3, 0.4) is 0 Å². The summed E-state index contributed by atoms with van der Waals surface area (Å²) >= 11 is 0. The van der Waals surface area contributed by atoms with E-state index in [2.05, 4.69) is 6.08 Å². The van der Waals surface area contributed by atoms with E-state index in [1.807, 2.05) is 33.8 Å². The Balaban J connectivity index is 2.13. The Morgan fingerprint density at radius 1 is 1.03 bits per heavy atom. The van der Waals surface area contributed by atoms with Crippen LogP contribution < -0.4 is 4.74 Å². The molecule has 0 saturated carbocycles. The summed E-state index contributed by atoms with van der Waals surface area (Å²) in [5.41, 5.74) is 4.21. The van der Waals surface area contributed by atoms with E-state index in [0.717, 1.165) is 29.1 Å². The van der Waals surface area contributed by atoms with Crippen LogP contribution in [-0.4, -0.2) is 30.5 Å². The first-order valence-corrected chi connectivity index (χ1v) is 10.2. The molecule has 1 aromatic carbocycles. The molecule has 5 heteroatoms. The van der Waals surface area contributed by atoms with Gasteiger partial charge in [-0.2, -0.15) is 0 Å². The number of allylic oxidation sites excluding steroid dienone is 5. The van der Waals surface area contributed by atoms with E-state index in [1.54, 1.807) is 7.11 Å². The molecule has 1 fully saturated rings. The van der Waals surface area contributed by atoms with Gasteiger partial charge in [-0.15, -0.1) is 0 Å². The Bertz CT molecular complexity index is 862. The lowest BCUT2D eigenvalue weighted by Gasteiger charge is -2.29. The number of ether oxygens (including phenoxy) is 3. The fourth-order valence-corrected chi connectivity index (χ4v) is 3.80. The first-order valence-electron chi connectivity index (χ1n) is 10.2. The minimum atomic E-state index is 0.0900. The van der Waals surface area contributed by atoms with Crippen molar-refractivity contribution in [3.63, 3.8) is 0 Å². The summed E-state index contributed by atoms with van der Waals surface area (Å²) in [6, 6.07) is 0. The lowest BCUT2D eigenvalue weighted by molar-refractivity contribution is 0.172. The highest BCUT2D eigenvalue weighted by Gasteiger charge is 2.34. The van der Waals surface area contributed by atoms with Gasteiger partial charge in [0.15, 0.2) is 0 Å². The SMILES string of the molecule is COC1=C(C2CCOC2)Oc2c(CC=C(C)C)c(O)c(CC=C(C)C)c(O)c2C1. The number of methoxy groups -OCH3 is 1. The van der Waals surface area contributed by atoms with Crippen molar-refractivity contribution in [1.82, 2.24) is 0 Å². The molecule has 2 aliphatic rings. The summed E-state index contributed by atoms with van der Waals surface area (Å²) in [6.45, 7) is 9.35. The molecule has 2 N–H and O–H groups in total. The molecular weight excluding hydrogens is 368 g/mol. The van der Waals surface area contributed by atoms with Crippen molar-refractivity contribution < 1.29 is 24.4 Å². The van der Waals surface area contributed by atoms with E-state index < -0.39 is 0 Å². The molecule has 0 spiro atoms. The average Bonchev–Trinajstić information content (AvgIpc) is 3.21. The Morgan fingerprint density at radius 3 is 2.24 bits per heavy atom. The highest BCUT2D eigenvalue weighted by Crippen LogP contribution is 2.48. The molecule has 0 radical (unpaired) electrons. The Morgan fingerprint density at radius 2 is 1.69 bits per heavy atom. The predicted octanol–water partition coefficient (Wildman–Crippen LogP) is 4.94. The maximum Gasteiger partial charge on any atom is 0.147 e. The van der Waals surface area contributed by atoms with Gasteiger partial charge in [0.1, 0.15) is 28.8 Å². The number of phenols is 2. The van der Waals surface area contributed by atoms with E-state index in [-0.39, 0.29) is 17.4 Å². The largest absolute Gasteiger partial charge is 0.507 e. The van der Waals surface area contributed by atoms with Crippen molar-refractivity contribution in [2.75, 3.05) is 20.3 Å². The zero-order valence-electron chi connectivity index (χ0n) is 18.1. The lowest BCUT2D eigenvalue weighted by atomic mass is 9.91. The predicted molar refractivity (Wildman–Crippen MR) is 113 cm³/mol. The third-order valence-electron chi connectivity index (χ3n) is 5.49. The number of aromatic hydroxyl groups is 2. The maximum atomic E-state index is 11.1. The average molecular weight is 401 g/mol. The quantitative estimate of drug-likeness (QED) is 0.662. The van der Waals surface area contributed by atoms with Gasteiger partial charge in [0.05, 0.1) is 13.7 Å². The maximum absolute atomic E-state index is 11.1. The van der Waals surface area contributed by atoms with Gasteiger partial charge in [0.2, 0.25) is 0 Å². The molecule has 158 valence electrons. The van der Waals surface area contributed by atoms with Gasteiger partial charge in [0, 0.05) is 35.6 Å². The molecule has 0 aliphatic carbocycles. The number of phenolic OH excluding ortho intramolecular Hbond substituents is 2. The van der Waals surface area contributed by atoms with Gasteiger partial charge >= 0.3 is 0 Å². The Hall–Kier alpha value is -2.40. The molecule has 2 heterocycles. The van der Waals surface area contributed by atoms with Crippen LogP contribution in [0, 0.1) is 5.92 Å². The standard InChI is InChI=1S/C24H32O5/c1-14(2)6-8-17-21(25)18(9-7-15(3)4)24-19(22(17)26)12-20(27-5)23(29-24)16-10-11-28-13-16/h6-7,16,25-26H,8-13H2,1-5H3. The van der Waals surface area contributed by atoms with Crippen molar-refractivity contribution in [2.24, 2.45) is 5.92 Å². The summed E-state index contributed by atoms with van der Waals surface area (Å²) in [5.74, 6) is 2.36. The molecule has 1 unspecified atom stereocenters. The first kappa shape index (κ1) is 21.3. The Labute approximate surface area is 173 Å². The zero-order valence-corrected chi connectivity index (χ0v) is 18.1. The molecule has 29 heavy (non-hydrogen) atoms. The van der Waals surface area contributed by atoms with E-state index in [1.165, 1.54) is 0 Å². The van der Waals surface area contributed by atoms with Crippen LogP contribution in [0.5, 0.6) is 17.2 Å². The molecule has 0 aromatic heterocycles. The summed E-state index contributed by atoms with van der Waals surface area (Å²) in [7, 11) is 1.63. The lowest BCUT2D eigenvalue weighted by Crippen LogP contribution is -2.20. The summed E-state index contributed by atoms with van der Waals surface area (Å²) in [6.07, 6.45) is 6.38. The summed E-state index contributed by atoms with van der Waals surface area (Å²) < 4.78 is 17.5. The van der Waals surface area contributed by atoms with E-state index >= 15 is 0 Å². The van der Waals surface area contributed by atoms with Gasteiger partial charge in [-0.1, -0.05) is 23.3 Å². The normalized spacial score (nSPS) is 18.2.